The van der Waals surface area contributed by atoms with Crippen molar-refractivity contribution in [3.05, 3.63) is 35.9 Å². The molecule has 0 aromatic heterocycles. The van der Waals surface area contributed by atoms with E-state index in [0.717, 1.165) is 0 Å². The van der Waals surface area contributed by atoms with Crippen molar-refractivity contribution >= 4 is 28.1 Å². The summed E-state index contributed by atoms with van der Waals surface area (Å²) in [4.78, 5) is 10.7. The van der Waals surface area contributed by atoms with E-state index in [4.69, 9.17) is 0 Å². The van der Waals surface area contributed by atoms with Gasteiger partial charge in [0.25, 0.3) is 0 Å². The van der Waals surface area contributed by atoms with E-state index >= 15 is 0 Å². The Balaban J connectivity index is 2.61. The van der Waals surface area contributed by atoms with Gasteiger partial charge in [0.1, 0.15) is 0 Å². The molecule has 1 radical (unpaired) electrons. The molecule has 4 nitrogen and oxygen atoms in total. The van der Waals surface area contributed by atoms with Gasteiger partial charge in [-0.1, -0.05) is 30.3 Å². The van der Waals surface area contributed by atoms with E-state index in [1.807, 2.05) is 12.3 Å². The van der Waals surface area contributed by atoms with E-state index < -0.39 is 16.1 Å². The number of benzene rings is 1. The molecule has 1 rings (SSSR count). The third-order valence-electron chi connectivity index (χ3n) is 2.27. The summed E-state index contributed by atoms with van der Waals surface area (Å²) in [7, 11) is -3.50. The minimum Gasteiger partial charge on any atom is -0.289 e. The van der Waals surface area contributed by atoms with Crippen molar-refractivity contribution in [3.63, 3.8) is 0 Å². The molecule has 0 aliphatic heterocycles. The van der Waals surface area contributed by atoms with Crippen molar-refractivity contribution in [3.8, 4) is 0 Å². The van der Waals surface area contributed by atoms with Crippen LogP contribution in [-0.4, -0.2) is 32.8 Å². The van der Waals surface area contributed by atoms with Gasteiger partial charge in [0.05, 0.1) is 11.8 Å². The maximum absolute atomic E-state index is 11.8. The topological polar surface area (TPSA) is 63.2 Å². The SMILES string of the molecule is CSCC[C@@H]([C]=O)NS(=O)(=O)Cc1ccccc1. The molecule has 0 bridgehead atoms. The summed E-state index contributed by atoms with van der Waals surface area (Å²) in [6.45, 7) is 0. The smallest absolute Gasteiger partial charge is 0.217 e. The van der Waals surface area contributed by atoms with Crippen LogP contribution in [0.5, 0.6) is 0 Å². The highest BCUT2D eigenvalue weighted by Crippen LogP contribution is 2.06. The fraction of sp³-hybridized carbons (Fsp3) is 0.417. The zero-order valence-electron chi connectivity index (χ0n) is 10.1. The second-order valence-corrected chi connectivity index (χ2v) is 6.55. The molecule has 0 aliphatic carbocycles. The van der Waals surface area contributed by atoms with Gasteiger partial charge in [-0.25, -0.2) is 13.1 Å². The lowest BCUT2D eigenvalue weighted by atomic mass is 10.2. The first-order valence-electron chi connectivity index (χ1n) is 5.48. The van der Waals surface area contributed by atoms with Crippen LogP contribution in [0.4, 0.5) is 0 Å². The molecule has 1 atom stereocenters. The van der Waals surface area contributed by atoms with E-state index in [1.54, 1.807) is 42.3 Å². The molecule has 99 valence electrons. The van der Waals surface area contributed by atoms with Crippen molar-refractivity contribution in [2.75, 3.05) is 12.0 Å². The first-order valence-corrected chi connectivity index (χ1v) is 8.52. The molecular formula is C12H16NO3S2. The van der Waals surface area contributed by atoms with Crippen molar-refractivity contribution in [2.24, 2.45) is 0 Å². The summed E-state index contributed by atoms with van der Waals surface area (Å²) in [5.41, 5.74) is 0.694. The predicted octanol–water partition coefficient (Wildman–Crippen LogP) is 1.34. The Hall–Kier alpha value is -0.850. The number of sulfonamides is 1. The molecule has 0 amide bonds. The number of carbonyl (C=O) groups excluding carboxylic acids is 1. The van der Waals surface area contributed by atoms with Gasteiger partial charge in [0, 0.05) is 0 Å². The summed E-state index contributed by atoms with van der Waals surface area (Å²) in [6.07, 6.45) is 4.09. The average Bonchev–Trinajstić information content (AvgIpc) is 2.35. The second kappa shape index (κ2) is 7.56. The lowest BCUT2D eigenvalue weighted by Crippen LogP contribution is -2.37. The van der Waals surface area contributed by atoms with E-state index in [-0.39, 0.29) is 5.75 Å². The second-order valence-electron chi connectivity index (χ2n) is 3.81. The van der Waals surface area contributed by atoms with Gasteiger partial charge in [-0.05, 0) is 24.0 Å². The zero-order valence-corrected chi connectivity index (χ0v) is 11.8. The highest BCUT2D eigenvalue weighted by molar-refractivity contribution is 7.98. The number of nitrogens with one attached hydrogen (secondary N) is 1. The van der Waals surface area contributed by atoms with E-state index in [0.29, 0.717) is 17.7 Å². The molecule has 0 saturated heterocycles. The molecule has 1 N–H and O–H groups in total. The molecule has 18 heavy (non-hydrogen) atoms. The van der Waals surface area contributed by atoms with Crippen LogP contribution in [0.2, 0.25) is 0 Å². The normalized spacial score (nSPS) is 13.2. The molecular weight excluding hydrogens is 270 g/mol. The number of rotatable bonds is 8. The first kappa shape index (κ1) is 15.2. The fourth-order valence-corrected chi connectivity index (χ4v) is 3.22. The Bertz CT molecular complexity index is 459. The fourth-order valence-electron chi connectivity index (χ4n) is 1.43. The molecule has 1 aromatic carbocycles. The van der Waals surface area contributed by atoms with E-state index in [2.05, 4.69) is 4.72 Å². The van der Waals surface area contributed by atoms with Crippen LogP contribution in [-0.2, 0) is 20.6 Å². The number of thioether (sulfide) groups is 1. The van der Waals surface area contributed by atoms with Crippen LogP contribution >= 0.6 is 11.8 Å². The van der Waals surface area contributed by atoms with Crippen LogP contribution in [0.25, 0.3) is 0 Å². The molecule has 0 heterocycles. The summed E-state index contributed by atoms with van der Waals surface area (Å²) in [6, 6.07) is 8.10. The summed E-state index contributed by atoms with van der Waals surface area (Å²) < 4.78 is 26.0. The van der Waals surface area contributed by atoms with Crippen LogP contribution < -0.4 is 4.72 Å². The summed E-state index contributed by atoms with van der Waals surface area (Å²) in [5, 5.41) is 0. The first-order chi connectivity index (χ1) is 8.57. The van der Waals surface area contributed by atoms with Crippen LogP contribution in [0.15, 0.2) is 30.3 Å². The van der Waals surface area contributed by atoms with Crippen LogP contribution in [0.1, 0.15) is 12.0 Å². The molecule has 0 fully saturated rings. The molecule has 0 spiro atoms. The molecule has 0 saturated carbocycles. The van der Waals surface area contributed by atoms with Crippen molar-refractivity contribution < 1.29 is 13.2 Å². The largest absolute Gasteiger partial charge is 0.289 e. The number of hydrogen-bond acceptors (Lipinski definition) is 4. The van der Waals surface area contributed by atoms with Gasteiger partial charge in [-0.2, -0.15) is 11.8 Å². The zero-order chi connectivity index (χ0) is 13.4. The molecule has 0 aliphatic rings. The summed E-state index contributed by atoms with van der Waals surface area (Å²) >= 11 is 1.56. The van der Waals surface area contributed by atoms with Crippen molar-refractivity contribution in [1.29, 1.82) is 0 Å². The van der Waals surface area contributed by atoms with Gasteiger partial charge in [0.2, 0.25) is 16.3 Å². The van der Waals surface area contributed by atoms with Gasteiger partial charge in [-0.15, -0.1) is 0 Å². The van der Waals surface area contributed by atoms with Gasteiger partial charge in [0.15, 0.2) is 0 Å². The highest BCUT2D eigenvalue weighted by atomic mass is 32.2. The number of hydrogen-bond donors (Lipinski definition) is 1. The standard InChI is InChI=1S/C12H16NO3S2/c1-17-8-7-12(9-14)13-18(15,16)10-11-5-3-2-4-6-11/h2-6,12-13H,7-8,10H2,1H3/t12-/m0/s1. The monoisotopic (exact) mass is 286 g/mol. The van der Waals surface area contributed by atoms with E-state index in [9.17, 15) is 13.2 Å². The Labute approximate surface area is 112 Å². The Morgan fingerprint density at radius 3 is 2.56 bits per heavy atom. The maximum atomic E-state index is 11.8. The molecule has 0 unspecified atom stereocenters. The lowest BCUT2D eigenvalue weighted by Gasteiger charge is -2.11. The molecule has 6 heteroatoms. The maximum Gasteiger partial charge on any atom is 0.217 e. The van der Waals surface area contributed by atoms with Crippen molar-refractivity contribution in [2.45, 2.75) is 18.2 Å². The lowest BCUT2D eigenvalue weighted by molar-refractivity contribution is 0.524. The highest BCUT2D eigenvalue weighted by Gasteiger charge is 2.18. The quantitative estimate of drug-likeness (QED) is 0.783. The Kier molecular flexibility index (Phi) is 6.38. The third kappa shape index (κ3) is 5.66. The van der Waals surface area contributed by atoms with Gasteiger partial charge < -0.3 is 0 Å². The average molecular weight is 286 g/mol. The Morgan fingerprint density at radius 1 is 1.33 bits per heavy atom. The molecule has 1 aromatic rings. The Morgan fingerprint density at radius 2 is 2.00 bits per heavy atom. The van der Waals surface area contributed by atoms with E-state index in [1.165, 1.54) is 0 Å². The van der Waals surface area contributed by atoms with Gasteiger partial charge >= 0.3 is 0 Å². The predicted molar refractivity (Wildman–Crippen MR) is 74.7 cm³/mol. The summed E-state index contributed by atoms with van der Waals surface area (Å²) in [5.74, 6) is 0.596. The minimum absolute atomic E-state index is 0.120. The minimum atomic E-state index is -3.50. The van der Waals surface area contributed by atoms with Crippen molar-refractivity contribution in [1.82, 2.24) is 4.72 Å². The van der Waals surface area contributed by atoms with Crippen LogP contribution in [0, 0.1) is 0 Å². The third-order valence-corrected chi connectivity index (χ3v) is 4.28. The van der Waals surface area contributed by atoms with Gasteiger partial charge in [-0.3, -0.25) is 4.79 Å². The van der Waals surface area contributed by atoms with Crippen LogP contribution in [0.3, 0.4) is 0 Å².